The predicted molar refractivity (Wildman–Crippen MR) is 60.3 cm³/mol. The summed E-state index contributed by atoms with van der Waals surface area (Å²) >= 11 is 0. The van der Waals surface area contributed by atoms with Gasteiger partial charge in [0, 0.05) is 20.0 Å². The Bertz CT molecular complexity index is 317. The molecule has 1 N–H and O–H groups in total. The summed E-state index contributed by atoms with van der Waals surface area (Å²) in [5, 5.41) is 8.45. The van der Waals surface area contributed by atoms with Crippen molar-refractivity contribution in [2.45, 2.75) is 25.7 Å². The molecule has 0 atom stereocenters. The van der Waals surface area contributed by atoms with Gasteiger partial charge < -0.3 is 14.9 Å². The summed E-state index contributed by atoms with van der Waals surface area (Å²) < 4.78 is 0. The van der Waals surface area contributed by atoms with Gasteiger partial charge >= 0.3 is 5.97 Å². The maximum absolute atomic E-state index is 11.6. The summed E-state index contributed by atoms with van der Waals surface area (Å²) in [6.07, 6.45) is 2.29. The van der Waals surface area contributed by atoms with E-state index in [1.54, 1.807) is 11.9 Å². The Morgan fingerprint density at radius 3 is 2.53 bits per heavy atom. The van der Waals surface area contributed by atoms with Crippen molar-refractivity contribution >= 4 is 17.8 Å². The highest BCUT2D eigenvalue weighted by Crippen LogP contribution is 2.06. The molecule has 1 aliphatic rings. The van der Waals surface area contributed by atoms with E-state index in [0.29, 0.717) is 13.0 Å². The summed E-state index contributed by atoms with van der Waals surface area (Å²) in [6.45, 7) is 0.834. The van der Waals surface area contributed by atoms with Crippen LogP contribution in [0.25, 0.3) is 0 Å². The number of aliphatic carboxylic acids is 1. The second kappa shape index (κ2) is 6.22. The lowest BCUT2D eigenvalue weighted by Gasteiger charge is -2.31. The van der Waals surface area contributed by atoms with E-state index >= 15 is 0 Å². The fourth-order valence-electron chi connectivity index (χ4n) is 1.72. The highest BCUT2D eigenvalue weighted by molar-refractivity contribution is 5.92. The molecule has 1 aliphatic heterocycles. The topological polar surface area (TPSA) is 77.9 Å². The van der Waals surface area contributed by atoms with Crippen molar-refractivity contribution in [1.82, 2.24) is 9.80 Å². The molecule has 6 nitrogen and oxygen atoms in total. The minimum absolute atomic E-state index is 0.0367. The Balaban J connectivity index is 2.20. The van der Waals surface area contributed by atoms with Gasteiger partial charge in [-0.15, -0.1) is 0 Å². The number of carboxylic acid groups (broad SMARTS) is 1. The minimum Gasteiger partial charge on any atom is -0.481 e. The number of carbonyl (C=O) groups excluding carboxylic acids is 2. The van der Waals surface area contributed by atoms with Crippen molar-refractivity contribution in [1.29, 1.82) is 0 Å². The van der Waals surface area contributed by atoms with Gasteiger partial charge in [-0.05, 0) is 12.8 Å². The second-order valence-electron chi connectivity index (χ2n) is 4.27. The number of hydrogen-bond donors (Lipinski definition) is 1. The molecule has 0 aliphatic carbocycles. The molecule has 0 bridgehead atoms. The van der Waals surface area contributed by atoms with Crippen LogP contribution in [-0.4, -0.2) is 59.4 Å². The lowest BCUT2D eigenvalue weighted by Crippen LogP contribution is -2.52. The number of unbranched alkanes of at least 4 members (excludes halogenated alkanes) is 2. The molecule has 0 radical (unpaired) electrons. The highest BCUT2D eigenvalue weighted by Gasteiger charge is 2.26. The lowest BCUT2D eigenvalue weighted by molar-refractivity contribution is -0.148. The van der Waals surface area contributed by atoms with Gasteiger partial charge in [0.1, 0.15) is 0 Å². The molecule has 1 saturated heterocycles. The lowest BCUT2D eigenvalue weighted by atomic mass is 10.2. The normalized spacial score (nSPS) is 16.5. The third-order valence-electron chi connectivity index (χ3n) is 2.80. The molecule has 0 saturated carbocycles. The first-order valence-electron chi connectivity index (χ1n) is 5.74. The molecule has 0 aromatic heterocycles. The Morgan fingerprint density at radius 2 is 1.88 bits per heavy atom. The van der Waals surface area contributed by atoms with Crippen LogP contribution in [0.4, 0.5) is 0 Å². The van der Waals surface area contributed by atoms with Gasteiger partial charge in [0.15, 0.2) is 0 Å². The molecule has 17 heavy (non-hydrogen) atoms. The second-order valence-corrected chi connectivity index (χ2v) is 4.27. The van der Waals surface area contributed by atoms with Crippen molar-refractivity contribution < 1.29 is 19.5 Å². The first-order chi connectivity index (χ1) is 8.00. The summed E-state index contributed by atoms with van der Waals surface area (Å²) in [7, 11) is 1.62. The Morgan fingerprint density at radius 1 is 1.18 bits per heavy atom. The molecule has 0 spiro atoms. The SMILES string of the molecule is CN1CC(=O)N(CCCCCC(=O)O)CC1=O. The monoisotopic (exact) mass is 242 g/mol. The van der Waals surface area contributed by atoms with Gasteiger partial charge in [0.05, 0.1) is 13.1 Å². The number of piperazine rings is 1. The van der Waals surface area contributed by atoms with Gasteiger partial charge in [0.25, 0.3) is 0 Å². The summed E-state index contributed by atoms with van der Waals surface area (Å²) in [4.78, 5) is 36.2. The number of nitrogens with zero attached hydrogens (tertiary/aromatic N) is 2. The maximum atomic E-state index is 11.6. The highest BCUT2D eigenvalue weighted by atomic mass is 16.4. The third kappa shape index (κ3) is 4.42. The first-order valence-corrected chi connectivity index (χ1v) is 5.74. The molecule has 1 rings (SSSR count). The Labute approximate surface area is 100 Å². The van der Waals surface area contributed by atoms with Crippen LogP contribution in [0.15, 0.2) is 0 Å². The van der Waals surface area contributed by atoms with E-state index in [4.69, 9.17) is 5.11 Å². The van der Waals surface area contributed by atoms with E-state index < -0.39 is 5.97 Å². The van der Waals surface area contributed by atoms with Crippen molar-refractivity contribution in [2.75, 3.05) is 26.7 Å². The molecular formula is C11H18N2O4. The van der Waals surface area contributed by atoms with Crippen LogP contribution in [0.3, 0.4) is 0 Å². The Hall–Kier alpha value is -1.59. The molecule has 0 unspecified atom stereocenters. The number of hydrogen-bond acceptors (Lipinski definition) is 3. The number of likely N-dealkylation sites (N-methyl/N-ethyl adjacent to an activating group) is 1. The van der Waals surface area contributed by atoms with Crippen molar-refractivity contribution in [2.24, 2.45) is 0 Å². The average Bonchev–Trinajstić information content (AvgIpc) is 2.24. The van der Waals surface area contributed by atoms with Crippen molar-refractivity contribution in [3.8, 4) is 0 Å². The third-order valence-corrected chi connectivity index (χ3v) is 2.80. The molecule has 1 fully saturated rings. The fourth-order valence-corrected chi connectivity index (χ4v) is 1.72. The van der Waals surface area contributed by atoms with Gasteiger partial charge in [-0.2, -0.15) is 0 Å². The van der Waals surface area contributed by atoms with Gasteiger partial charge in [-0.3, -0.25) is 14.4 Å². The smallest absolute Gasteiger partial charge is 0.303 e. The van der Waals surface area contributed by atoms with Crippen LogP contribution in [0, 0.1) is 0 Å². The van der Waals surface area contributed by atoms with E-state index in [-0.39, 0.29) is 31.3 Å². The molecule has 96 valence electrons. The van der Waals surface area contributed by atoms with Crippen molar-refractivity contribution in [3.05, 3.63) is 0 Å². The van der Waals surface area contributed by atoms with Crippen LogP contribution in [0.1, 0.15) is 25.7 Å². The zero-order chi connectivity index (χ0) is 12.8. The maximum Gasteiger partial charge on any atom is 0.303 e. The zero-order valence-electron chi connectivity index (χ0n) is 10.0. The van der Waals surface area contributed by atoms with E-state index in [1.807, 2.05) is 0 Å². The van der Waals surface area contributed by atoms with E-state index in [2.05, 4.69) is 0 Å². The number of carboxylic acids is 1. The molecule has 1 heterocycles. The summed E-state index contributed by atoms with van der Waals surface area (Å²) in [5.41, 5.74) is 0. The molecule has 2 amide bonds. The van der Waals surface area contributed by atoms with E-state index in [9.17, 15) is 14.4 Å². The summed E-state index contributed by atoms with van der Waals surface area (Å²) in [6, 6.07) is 0. The number of rotatable bonds is 6. The number of amides is 2. The quantitative estimate of drug-likeness (QED) is 0.661. The molecular weight excluding hydrogens is 224 g/mol. The van der Waals surface area contributed by atoms with E-state index in [1.165, 1.54) is 4.90 Å². The van der Waals surface area contributed by atoms with Gasteiger partial charge in [0.2, 0.25) is 11.8 Å². The van der Waals surface area contributed by atoms with Crippen LogP contribution in [-0.2, 0) is 14.4 Å². The largest absolute Gasteiger partial charge is 0.481 e. The Kier molecular flexibility index (Phi) is 4.93. The first kappa shape index (κ1) is 13.5. The molecule has 6 heteroatoms. The van der Waals surface area contributed by atoms with Crippen molar-refractivity contribution in [3.63, 3.8) is 0 Å². The van der Waals surface area contributed by atoms with E-state index in [0.717, 1.165) is 12.8 Å². The minimum atomic E-state index is -0.796. The fraction of sp³-hybridized carbons (Fsp3) is 0.727. The summed E-state index contributed by atoms with van der Waals surface area (Å²) in [5.74, 6) is -0.878. The zero-order valence-corrected chi connectivity index (χ0v) is 10.0. The van der Waals surface area contributed by atoms with Crippen LogP contribution < -0.4 is 0 Å². The van der Waals surface area contributed by atoms with Crippen LogP contribution >= 0.6 is 0 Å². The standard InChI is InChI=1S/C11H18N2O4/c1-12-7-10(15)13(8-9(12)14)6-4-2-3-5-11(16)17/h2-8H2,1H3,(H,16,17). The average molecular weight is 242 g/mol. The van der Waals surface area contributed by atoms with Gasteiger partial charge in [-0.1, -0.05) is 6.42 Å². The molecule has 0 aromatic rings. The molecule has 0 aromatic carbocycles. The van der Waals surface area contributed by atoms with Crippen LogP contribution in [0.2, 0.25) is 0 Å². The van der Waals surface area contributed by atoms with Crippen LogP contribution in [0.5, 0.6) is 0 Å². The number of carbonyl (C=O) groups is 3. The predicted octanol–water partition coefficient (Wildman–Crippen LogP) is -0.0680. The van der Waals surface area contributed by atoms with Gasteiger partial charge in [-0.25, -0.2) is 0 Å².